The number of amides is 2. The Balaban J connectivity index is 1.20. The fourth-order valence-electron chi connectivity index (χ4n) is 4.15. The second-order valence-electron chi connectivity index (χ2n) is 8.39. The molecule has 0 unspecified atom stereocenters. The molecule has 7 heteroatoms. The van der Waals surface area contributed by atoms with Gasteiger partial charge in [0.05, 0.1) is 5.02 Å². The van der Waals surface area contributed by atoms with Gasteiger partial charge < -0.3 is 15.1 Å². The lowest BCUT2D eigenvalue weighted by Crippen LogP contribution is -2.48. The van der Waals surface area contributed by atoms with Crippen LogP contribution in [0.15, 0.2) is 72.8 Å². The highest BCUT2D eigenvalue weighted by molar-refractivity contribution is 7.21. The number of fused-ring (bicyclic) bond motifs is 1. The minimum absolute atomic E-state index is 0.0811. The van der Waals surface area contributed by atoms with Crippen molar-refractivity contribution in [2.24, 2.45) is 0 Å². The van der Waals surface area contributed by atoms with E-state index in [1.165, 1.54) is 11.3 Å². The maximum absolute atomic E-state index is 12.8. The largest absolute Gasteiger partial charge is 0.368 e. The van der Waals surface area contributed by atoms with Crippen LogP contribution in [0, 0.1) is 6.92 Å². The van der Waals surface area contributed by atoms with Gasteiger partial charge in [0.1, 0.15) is 4.88 Å². The molecule has 0 spiro atoms. The molecule has 172 valence electrons. The molecule has 5 nitrogen and oxygen atoms in total. The molecule has 0 saturated carbocycles. The number of carbonyl (C=O) groups is 2. The minimum atomic E-state index is -0.206. The van der Waals surface area contributed by atoms with Crippen molar-refractivity contribution in [3.63, 3.8) is 0 Å². The molecule has 1 aromatic heterocycles. The topological polar surface area (TPSA) is 52.7 Å². The zero-order chi connectivity index (χ0) is 23.7. The molecule has 2 amide bonds. The highest BCUT2D eigenvalue weighted by Gasteiger charge is 2.22. The molecule has 5 rings (SSSR count). The normalized spacial score (nSPS) is 13.8. The summed E-state index contributed by atoms with van der Waals surface area (Å²) in [5, 5.41) is 4.34. The van der Waals surface area contributed by atoms with Crippen molar-refractivity contribution in [2.45, 2.75) is 6.92 Å². The zero-order valence-electron chi connectivity index (χ0n) is 18.8. The molecule has 0 aliphatic carbocycles. The van der Waals surface area contributed by atoms with E-state index in [0.29, 0.717) is 23.0 Å². The predicted molar refractivity (Wildman–Crippen MR) is 141 cm³/mol. The molecule has 1 N–H and O–H groups in total. The minimum Gasteiger partial charge on any atom is -0.368 e. The summed E-state index contributed by atoms with van der Waals surface area (Å²) in [7, 11) is 0. The molecule has 0 radical (unpaired) electrons. The van der Waals surface area contributed by atoms with Gasteiger partial charge in [-0.2, -0.15) is 0 Å². The molecule has 3 aromatic carbocycles. The summed E-state index contributed by atoms with van der Waals surface area (Å²) < 4.78 is 0.994. The zero-order valence-corrected chi connectivity index (χ0v) is 20.3. The number of carbonyl (C=O) groups excluding carboxylic acids is 2. The monoisotopic (exact) mass is 489 g/mol. The van der Waals surface area contributed by atoms with Gasteiger partial charge in [-0.05, 0) is 49.4 Å². The Morgan fingerprint density at radius 2 is 1.56 bits per heavy atom. The maximum Gasteiger partial charge on any atom is 0.267 e. The van der Waals surface area contributed by atoms with Crippen molar-refractivity contribution in [2.75, 3.05) is 36.4 Å². The first kappa shape index (κ1) is 22.4. The van der Waals surface area contributed by atoms with E-state index in [1.807, 2.05) is 84.6 Å². The standard InChI is InChI=1S/C27H24ClN3O2S/c1-18-6-8-19(9-7-18)27(33)31-16-14-30(15-17-31)21-12-10-20(11-13-21)29-26(32)25-24(28)22-4-2-3-5-23(22)34-25/h2-13H,14-17H2,1H3,(H,29,32). The lowest BCUT2D eigenvalue weighted by Gasteiger charge is -2.36. The van der Waals surface area contributed by atoms with Gasteiger partial charge in [-0.15, -0.1) is 11.3 Å². The lowest BCUT2D eigenvalue weighted by molar-refractivity contribution is 0.0746. The molecule has 4 aromatic rings. The van der Waals surface area contributed by atoms with Crippen molar-refractivity contribution < 1.29 is 9.59 Å². The van der Waals surface area contributed by atoms with Crippen LogP contribution in [0.5, 0.6) is 0 Å². The van der Waals surface area contributed by atoms with Crippen molar-refractivity contribution >= 4 is 56.2 Å². The number of nitrogens with one attached hydrogen (secondary N) is 1. The third-order valence-corrected chi connectivity index (χ3v) is 7.77. The number of thiophene rings is 1. The summed E-state index contributed by atoms with van der Waals surface area (Å²) >= 11 is 7.83. The van der Waals surface area contributed by atoms with Crippen LogP contribution in [0.4, 0.5) is 11.4 Å². The van der Waals surface area contributed by atoms with Crippen molar-refractivity contribution in [3.05, 3.63) is 93.8 Å². The lowest BCUT2D eigenvalue weighted by atomic mass is 10.1. The Bertz CT molecular complexity index is 1340. The molecule has 1 saturated heterocycles. The number of nitrogens with zero attached hydrogens (tertiary/aromatic N) is 2. The number of rotatable bonds is 4. The third kappa shape index (κ3) is 4.52. The Morgan fingerprint density at radius 1 is 0.882 bits per heavy atom. The van der Waals surface area contributed by atoms with Crippen LogP contribution in [0.3, 0.4) is 0 Å². The van der Waals surface area contributed by atoms with E-state index >= 15 is 0 Å². The summed E-state index contributed by atoms with van der Waals surface area (Å²) in [6, 6.07) is 23.3. The molecule has 0 atom stereocenters. The molecule has 34 heavy (non-hydrogen) atoms. The second-order valence-corrected chi connectivity index (χ2v) is 9.82. The van der Waals surface area contributed by atoms with Crippen LogP contribution < -0.4 is 10.2 Å². The number of benzene rings is 3. The Labute approximate surface area is 207 Å². The van der Waals surface area contributed by atoms with Crippen LogP contribution in [0.2, 0.25) is 5.02 Å². The van der Waals surface area contributed by atoms with Gasteiger partial charge in [-0.1, -0.05) is 47.5 Å². The predicted octanol–water partition coefficient (Wildman–Crippen LogP) is 6.08. The van der Waals surface area contributed by atoms with E-state index in [-0.39, 0.29) is 11.8 Å². The molecule has 0 bridgehead atoms. The number of hydrogen-bond donors (Lipinski definition) is 1. The SMILES string of the molecule is Cc1ccc(C(=O)N2CCN(c3ccc(NC(=O)c4sc5ccccc5c4Cl)cc3)CC2)cc1. The van der Waals surface area contributed by atoms with Gasteiger partial charge in [0.2, 0.25) is 0 Å². The van der Waals surface area contributed by atoms with Crippen molar-refractivity contribution in [1.29, 1.82) is 0 Å². The number of halogens is 1. The maximum atomic E-state index is 12.8. The fraction of sp³-hybridized carbons (Fsp3) is 0.185. The van der Waals surface area contributed by atoms with Gasteiger partial charge in [0, 0.05) is 53.2 Å². The van der Waals surface area contributed by atoms with Crippen LogP contribution in [-0.2, 0) is 0 Å². The first-order chi connectivity index (χ1) is 16.5. The van der Waals surface area contributed by atoms with E-state index < -0.39 is 0 Å². The Morgan fingerprint density at radius 3 is 2.24 bits per heavy atom. The smallest absolute Gasteiger partial charge is 0.267 e. The number of hydrogen-bond acceptors (Lipinski definition) is 4. The van der Waals surface area contributed by atoms with Gasteiger partial charge in [0.25, 0.3) is 11.8 Å². The van der Waals surface area contributed by atoms with Gasteiger partial charge in [0.15, 0.2) is 0 Å². The van der Waals surface area contributed by atoms with E-state index in [9.17, 15) is 9.59 Å². The van der Waals surface area contributed by atoms with Gasteiger partial charge >= 0.3 is 0 Å². The first-order valence-electron chi connectivity index (χ1n) is 11.2. The Hall–Kier alpha value is -3.35. The molecular formula is C27H24ClN3O2S. The van der Waals surface area contributed by atoms with Crippen LogP contribution in [0.25, 0.3) is 10.1 Å². The summed E-state index contributed by atoms with van der Waals surface area (Å²) in [4.78, 5) is 30.2. The van der Waals surface area contributed by atoms with E-state index in [1.54, 1.807) is 0 Å². The molecular weight excluding hydrogens is 466 g/mol. The summed E-state index contributed by atoms with van der Waals surface area (Å²) in [6.45, 7) is 4.90. The van der Waals surface area contributed by atoms with Crippen LogP contribution >= 0.6 is 22.9 Å². The summed E-state index contributed by atoms with van der Waals surface area (Å²) in [6.07, 6.45) is 0. The van der Waals surface area contributed by atoms with Crippen molar-refractivity contribution in [1.82, 2.24) is 4.90 Å². The first-order valence-corrected chi connectivity index (χ1v) is 12.4. The highest BCUT2D eigenvalue weighted by Crippen LogP contribution is 2.35. The van der Waals surface area contributed by atoms with Crippen LogP contribution in [-0.4, -0.2) is 42.9 Å². The third-order valence-electron chi connectivity index (χ3n) is 6.10. The van der Waals surface area contributed by atoms with Crippen molar-refractivity contribution in [3.8, 4) is 0 Å². The summed E-state index contributed by atoms with van der Waals surface area (Å²) in [5.41, 5.74) is 3.67. The molecule has 2 heterocycles. The molecule has 1 aliphatic heterocycles. The number of aryl methyl sites for hydroxylation is 1. The highest BCUT2D eigenvalue weighted by atomic mass is 35.5. The molecule has 1 fully saturated rings. The average molecular weight is 490 g/mol. The number of anilines is 2. The second kappa shape index (κ2) is 9.49. The van der Waals surface area contributed by atoms with Crippen LogP contribution in [0.1, 0.15) is 25.6 Å². The number of piperazine rings is 1. The summed E-state index contributed by atoms with van der Waals surface area (Å²) in [5.74, 6) is -0.125. The van der Waals surface area contributed by atoms with E-state index in [2.05, 4.69) is 10.2 Å². The molecule has 1 aliphatic rings. The quantitative estimate of drug-likeness (QED) is 0.378. The van der Waals surface area contributed by atoms with E-state index in [0.717, 1.165) is 45.7 Å². The van der Waals surface area contributed by atoms with E-state index in [4.69, 9.17) is 11.6 Å². The van der Waals surface area contributed by atoms with Gasteiger partial charge in [-0.3, -0.25) is 9.59 Å². The average Bonchev–Trinajstić information content (AvgIpc) is 3.21. The Kier molecular flexibility index (Phi) is 6.26. The van der Waals surface area contributed by atoms with Gasteiger partial charge in [-0.25, -0.2) is 0 Å². The fourth-order valence-corrected chi connectivity index (χ4v) is 5.56.